The highest BCUT2D eigenvalue weighted by atomic mass is 79.9. The molecule has 0 radical (unpaired) electrons. The lowest BCUT2D eigenvalue weighted by Gasteiger charge is -2.06. The second-order valence-corrected chi connectivity index (χ2v) is 4.93. The molecule has 0 aliphatic rings. The molecule has 16 heavy (non-hydrogen) atoms. The first-order valence-electron chi connectivity index (χ1n) is 5.33. The number of hydrogen-bond donors (Lipinski definition) is 0. The highest BCUT2D eigenvalue weighted by molar-refractivity contribution is 9.10. The summed E-state index contributed by atoms with van der Waals surface area (Å²) in [6, 6.07) is 17.3. The van der Waals surface area contributed by atoms with Crippen LogP contribution in [0.15, 0.2) is 53.0 Å². The van der Waals surface area contributed by atoms with Gasteiger partial charge in [0.15, 0.2) is 0 Å². The normalized spacial score (nSPS) is 11.1. The number of benzene rings is 3. The van der Waals surface area contributed by atoms with Crippen molar-refractivity contribution in [3.8, 4) is 0 Å². The predicted octanol–water partition coefficient (Wildman–Crippen LogP) is 5.06. The molecule has 1 heteroatoms. The molecule has 0 aromatic heterocycles. The van der Waals surface area contributed by atoms with Crippen molar-refractivity contribution in [2.75, 3.05) is 0 Å². The molecule has 0 nitrogen and oxygen atoms in total. The van der Waals surface area contributed by atoms with Gasteiger partial charge in [0.2, 0.25) is 0 Å². The Bertz CT molecular complexity index is 683. The van der Waals surface area contributed by atoms with Crippen LogP contribution in [0.5, 0.6) is 0 Å². The molecule has 0 saturated heterocycles. The monoisotopic (exact) mass is 270 g/mol. The van der Waals surface area contributed by atoms with Crippen LogP contribution in [0, 0.1) is 6.92 Å². The van der Waals surface area contributed by atoms with Crippen molar-refractivity contribution < 1.29 is 0 Å². The fourth-order valence-electron chi connectivity index (χ4n) is 2.12. The lowest BCUT2D eigenvalue weighted by molar-refractivity contribution is 1.51. The van der Waals surface area contributed by atoms with Gasteiger partial charge in [-0.15, -0.1) is 0 Å². The van der Waals surface area contributed by atoms with Crippen LogP contribution in [-0.2, 0) is 0 Å². The third-order valence-corrected chi connectivity index (χ3v) is 3.81. The molecule has 0 amide bonds. The van der Waals surface area contributed by atoms with Crippen LogP contribution < -0.4 is 0 Å². The van der Waals surface area contributed by atoms with Crippen LogP contribution in [0.4, 0.5) is 0 Å². The second-order valence-electron chi connectivity index (χ2n) is 4.14. The first kappa shape index (κ1) is 9.86. The van der Waals surface area contributed by atoms with Crippen LogP contribution in [0.1, 0.15) is 5.56 Å². The van der Waals surface area contributed by atoms with Gasteiger partial charge in [-0.25, -0.2) is 0 Å². The lowest BCUT2D eigenvalue weighted by atomic mass is 10.0. The number of rotatable bonds is 0. The van der Waals surface area contributed by atoms with E-state index in [0.29, 0.717) is 0 Å². The van der Waals surface area contributed by atoms with E-state index in [-0.39, 0.29) is 0 Å². The maximum atomic E-state index is 3.72. The summed E-state index contributed by atoms with van der Waals surface area (Å²) >= 11 is 3.72. The highest BCUT2D eigenvalue weighted by Crippen LogP contribution is 2.32. The summed E-state index contributed by atoms with van der Waals surface area (Å²) < 4.78 is 1.20. The Kier molecular flexibility index (Phi) is 2.22. The molecule has 0 unspecified atom stereocenters. The number of hydrogen-bond acceptors (Lipinski definition) is 0. The van der Waals surface area contributed by atoms with Gasteiger partial charge in [0.25, 0.3) is 0 Å². The molecule has 0 spiro atoms. The van der Waals surface area contributed by atoms with Gasteiger partial charge in [-0.3, -0.25) is 0 Å². The van der Waals surface area contributed by atoms with E-state index >= 15 is 0 Å². The summed E-state index contributed by atoms with van der Waals surface area (Å²) in [5.74, 6) is 0. The Hall–Kier alpha value is -1.34. The minimum absolute atomic E-state index is 1.20. The molecule has 0 bridgehead atoms. The number of aryl methyl sites for hydroxylation is 1. The average molecular weight is 271 g/mol. The lowest BCUT2D eigenvalue weighted by Crippen LogP contribution is -1.80. The summed E-state index contributed by atoms with van der Waals surface area (Å²) in [6.45, 7) is 2.13. The van der Waals surface area contributed by atoms with E-state index < -0.39 is 0 Å². The summed E-state index contributed by atoms with van der Waals surface area (Å²) in [4.78, 5) is 0. The highest BCUT2D eigenvalue weighted by Gasteiger charge is 2.04. The van der Waals surface area contributed by atoms with E-state index in [9.17, 15) is 0 Å². The van der Waals surface area contributed by atoms with Crippen molar-refractivity contribution in [1.29, 1.82) is 0 Å². The van der Waals surface area contributed by atoms with Gasteiger partial charge >= 0.3 is 0 Å². The molecule has 3 aromatic carbocycles. The molecule has 0 saturated carbocycles. The molecule has 0 aliphatic carbocycles. The van der Waals surface area contributed by atoms with E-state index in [1.165, 1.54) is 31.6 Å². The quantitative estimate of drug-likeness (QED) is 0.501. The summed E-state index contributed by atoms with van der Waals surface area (Å²) in [7, 11) is 0. The molecule has 78 valence electrons. The zero-order valence-corrected chi connectivity index (χ0v) is 10.6. The van der Waals surface area contributed by atoms with Crippen LogP contribution >= 0.6 is 15.9 Å². The van der Waals surface area contributed by atoms with E-state index in [4.69, 9.17) is 0 Å². The minimum atomic E-state index is 1.20. The van der Waals surface area contributed by atoms with E-state index in [2.05, 4.69) is 71.4 Å². The molecule has 0 heterocycles. The van der Waals surface area contributed by atoms with Crippen molar-refractivity contribution in [3.63, 3.8) is 0 Å². The Labute approximate surface area is 103 Å². The number of fused-ring (bicyclic) bond motifs is 2. The summed E-state index contributed by atoms with van der Waals surface area (Å²) in [6.07, 6.45) is 0. The predicted molar refractivity (Wildman–Crippen MR) is 73.9 cm³/mol. The van der Waals surface area contributed by atoms with Crippen molar-refractivity contribution in [2.45, 2.75) is 6.92 Å². The summed E-state index contributed by atoms with van der Waals surface area (Å²) in [5.41, 5.74) is 1.29. The largest absolute Gasteiger partial charge is 0.0616 e. The first-order chi connectivity index (χ1) is 7.75. The molecular weight excluding hydrogens is 260 g/mol. The van der Waals surface area contributed by atoms with Crippen molar-refractivity contribution >= 4 is 37.5 Å². The second kappa shape index (κ2) is 3.60. The fraction of sp³-hybridized carbons (Fsp3) is 0.0667. The molecule has 0 N–H and O–H groups in total. The average Bonchev–Trinajstić information content (AvgIpc) is 2.31. The van der Waals surface area contributed by atoms with Crippen molar-refractivity contribution in [1.82, 2.24) is 0 Å². The molecule has 0 fully saturated rings. The Morgan fingerprint density at radius 2 is 1.56 bits per heavy atom. The fourth-order valence-corrected chi connectivity index (χ4v) is 2.83. The van der Waals surface area contributed by atoms with E-state index in [0.717, 1.165) is 0 Å². The van der Waals surface area contributed by atoms with Gasteiger partial charge in [-0.05, 0) is 50.5 Å². The molecule has 3 rings (SSSR count). The Balaban J connectivity index is 2.56. The van der Waals surface area contributed by atoms with Gasteiger partial charge in [0, 0.05) is 4.47 Å². The van der Waals surface area contributed by atoms with E-state index in [1.807, 2.05) is 0 Å². The molecular formula is C15H11Br. The van der Waals surface area contributed by atoms with Crippen molar-refractivity contribution in [3.05, 3.63) is 58.6 Å². The summed E-state index contributed by atoms with van der Waals surface area (Å²) in [5, 5.41) is 5.14. The van der Waals surface area contributed by atoms with Crippen LogP contribution in [0.3, 0.4) is 0 Å². The van der Waals surface area contributed by atoms with Crippen molar-refractivity contribution in [2.24, 2.45) is 0 Å². The smallest absolute Gasteiger partial charge is 0.0332 e. The van der Waals surface area contributed by atoms with Gasteiger partial charge < -0.3 is 0 Å². The zero-order chi connectivity index (χ0) is 11.1. The van der Waals surface area contributed by atoms with Gasteiger partial charge in [-0.1, -0.05) is 48.0 Å². The van der Waals surface area contributed by atoms with Gasteiger partial charge in [0.05, 0.1) is 0 Å². The van der Waals surface area contributed by atoms with Crippen LogP contribution in [0.25, 0.3) is 21.5 Å². The molecule has 3 aromatic rings. The van der Waals surface area contributed by atoms with Crippen LogP contribution in [0.2, 0.25) is 0 Å². The van der Waals surface area contributed by atoms with Gasteiger partial charge in [-0.2, -0.15) is 0 Å². The maximum Gasteiger partial charge on any atom is 0.0332 e. The standard InChI is InChI=1S/C15H11Br/c1-10-6-7-12-9-11-4-2-3-5-13(11)15(16)14(12)8-10/h2-9H,1H3. The molecule has 0 atom stereocenters. The topological polar surface area (TPSA) is 0 Å². The Morgan fingerprint density at radius 1 is 0.812 bits per heavy atom. The molecule has 0 aliphatic heterocycles. The third-order valence-electron chi connectivity index (χ3n) is 2.95. The zero-order valence-electron chi connectivity index (χ0n) is 9.00. The SMILES string of the molecule is Cc1ccc2cc3ccccc3c(Br)c2c1. The Morgan fingerprint density at radius 3 is 2.44 bits per heavy atom. The maximum absolute atomic E-state index is 3.72. The van der Waals surface area contributed by atoms with Gasteiger partial charge in [0.1, 0.15) is 0 Å². The minimum Gasteiger partial charge on any atom is -0.0616 e. The third kappa shape index (κ3) is 1.43. The van der Waals surface area contributed by atoms with E-state index in [1.54, 1.807) is 0 Å². The van der Waals surface area contributed by atoms with Crippen LogP contribution in [-0.4, -0.2) is 0 Å². The first-order valence-corrected chi connectivity index (χ1v) is 6.12. The number of halogens is 1.